The number of carbonyl (C=O) groups excluding carboxylic acids is 1. The number of carbonyl (C=O) groups is 1. The van der Waals surface area contributed by atoms with Crippen molar-refractivity contribution in [2.45, 2.75) is 23.8 Å². The molecule has 2 aromatic heterocycles. The number of para-hydroxylation sites is 2. The van der Waals surface area contributed by atoms with E-state index in [9.17, 15) is 9.59 Å². The number of fused-ring (bicyclic) bond motifs is 1. The van der Waals surface area contributed by atoms with Crippen molar-refractivity contribution in [1.82, 2.24) is 19.2 Å². The van der Waals surface area contributed by atoms with Crippen molar-refractivity contribution in [1.29, 1.82) is 0 Å². The summed E-state index contributed by atoms with van der Waals surface area (Å²) in [5.41, 5.74) is 1.11. The van der Waals surface area contributed by atoms with Crippen molar-refractivity contribution in [2.75, 3.05) is 19.5 Å². The fourth-order valence-corrected chi connectivity index (χ4v) is 4.25. The molecule has 0 aliphatic heterocycles. The van der Waals surface area contributed by atoms with Gasteiger partial charge in [-0.25, -0.2) is 0 Å². The number of amides is 1. The van der Waals surface area contributed by atoms with Gasteiger partial charge in [0, 0.05) is 18.1 Å². The number of anilines is 1. The number of nitrogens with zero attached hydrogens (tertiary/aromatic N) is 4. The van der Waals surface area contributed by atoms with Crippen molar-refractivity contribution in [2.24, 2.45) is 0 Å². The second-order valence-corrected chi connectivity index (χ2v) is 8.22. The molecule has 0 saturated carbocycles. The number of aromatic nitrogens is 4. The Balaban J connectivity index is 1.58. The normalized spacial score (nSPS) is 11.8. The molecule has 1 amide bonds. The average Bonchev–Trinajstić information content (AvgIpc) is 3.26. The number of methoxy groups -OCH3 is 2. The number of hydrogen-bond donors (Lipinski definition) is 1. The van der Waals surface area contributed by atoms with Crippen LogP contribution in [0.4, 0.5) is 5.69 Å². The van der Waals surface area contributed by atoms with Gasteiger partial charge >= 0.3 is 5.56 Å². The van der Waals surface area contributed by atoms with E-state index >= 15 is 0 Å². The first-order chi connectivity index (χ1) is 16.0. The number of benzene rings is 2. The first-order valence-electron chi connectivity index (χ1n) is 10.3. The predicted molar refractivity (Wildman–Crippen MR) is 127 cm³/mol. The lowest BCUT2D eigenvalue weighted by atomic mass is 10.2. The van der Waals surface area contributed by atoms with E-state index in [1.165, 1.54) is 16.3 Å². The predicted octanol–water partition coefficient (Wildman–Crippen LogP) is 3.41. The van der Waals surface area contributed by atoms with Crippen molar-refractivity contribution in [3.05, 3.63) is 71.3 Å². The molecule has 10 heteroatoms. The second kappa shape index (κ2) is 9.78. The Morgan fingerprint density at radius 1 is 1.06 bits per heavy atom. The van der Waals surface area contributed by atoms with Crippen LogP contribution in [0.15, 0.2) is 70.9 Å². The fraction of sp³-hybridized carbons (Fsp3) is 0.217. The summed E-state index contributed by atoms with van der Waals surface area (Å²) in [7, 11) is 3.14. The number of hydrogen-bond acceptors (Lipinski definition) is 7. The monoisotopic (exact) mass is 465 g/mol. The highest BCUT2D eigenvalue weighted by Crippen LogP contribution is 2.26. The molecule has 0 spiro atoms. The molecule has 9 nitrogen and oxygen atoms in total. The quantitative estimate of drug-likeness (QED) is 0.398. The Kier molecular flexibility index (Phi) is 6.64. The zero-order valence-electron chi connectivity index (χ0n) is 18.4. The standard InChI is InChI=1S/C23H23N5O4S/c1-4-19(21(29)24-15-9-11-16(31-2)12-10-15)33-23-26-25-20-22(30)27(13-14-28(20)23)17-7-5-6-8-18(17)32-3/h5-14,19H,4H2,1-3H3,(H,24,29). The van der Waals surface area contributed by atoms with Gasteiger partial charge < -0.3 is 14.8 Å². The van der Waals surface area contributed by atoms with E-state index in [4.69, 9.17) is 9.47 Å². The Morgan fingerprint density at radius 3 is 2.52 bits per heavy atom. The highest BCUT2D eigenvalue weighted by molar-refractivity contribution is 8.00. The van der Waals surface area contributed by atoms with E-state index in [-0.39, 0.29) is 17.1 Å². The summed E-state index contributed by atoms with van der Waals surface area (Å²) in [4.78, 5) is 25.9. The first kappa shape index (κ1) is 22.4. The Morgan fingerprint density at radius 2 is 1.82 bits per heavy atom. The maximum Gasteiger partial charge on any atom is 0.300 e. The lowest BCUT2D eigenvalue weighted by molar-refractivity contribution is -0.115. The molecule has 0 aliphatic carbocycles. The van der Waals surface area contributed by atoms with E-state index in [2.05, 4.69) is 15.5 Å². The van der Waals surface area contributed by atoms with Gasteiger partial charge in [0.25, 0.3) is 0 Å². The minimum absolute atomic E-state index is 0.160. The summed E-state index contributed by atoms with van der Waals surface area (Å²) in [6, 6.07) is 14.4. The Bertz CT molecular complexity index is 1330. The molecule has 1 N–H and O–H groups in total. The van der Waals surface area contributed by atoms with Crippen LogP contribution in [0.2, 0.25) is 0 Å². The highest BCUT2D eigenvalue weighted by Gasteiger charge is 2.22. The molecule has 0 aliphatic rings. The molecule has 170 valence electrons. The molecule has 2 heterocycles. The maximum atomic E-state index is 13.1. The van der Waals surface area contributed by atoms with Gasteiger partial charge in [0.15, 0.2) is 5.16 Å². The summed E-state index contributed by atoms with van der Waals surface area (Å²) in [6.45, 7) is 1.92. The van der Waals surface area contributed by atoms with Crippen LogP contribution in [0.5, 0.6) is 11.5 Å². The minimum atomic E-state index is -0.420. The molecule has 2 aromatic carbocycles. The van der Waals surface area contributed by atoms with Crippen molar-refractivity contribution >= 4 is 29.0 Å². The minimum Gasteiger partial charge on any atom is -0.497 e. The van der Waals surface area contributed by atoms with Crippen LogP contribution in [0.3, 0.4) is 0 Å². The smallest absolute Gasteiger partial charge is 0.300 e. The number of nitrogens with one attached hydrogen (secondary N) is 1. The van der Waals surface area contributed by atoms with Gasteiger partial charge in [-0.1, -0.05) is 30.8 Å². The molecule has 0 radical (unpaired) electrons. The van der Waals surface area contributed by atoms with E-state index < -0.39 is 5.25 Å². The number of thioether (sulfide) groups is 1. The SMILES string of the molecule is CCC(Sc1nnc2c(=O)n(-c3ccccc3OC)ccn12)C(=O)Nc1ccc(OC)cc1. The Labute approximate surface area is 194 Å². The van der Waals surface area contributed by atoms with Gasteiger partial charge in [0.05, 0.1) is 25.2 Å². The Hall–Kier alpha value is -3.79. The van der Waals surface area contributed by atoms with Gasteiger partial charge in [0.2, 0.25) is 11.6 Å². The fourth-order valence-electron chi connectivity index (χ4n) is 3.31. The van der Waals surface area contributed by atoms with Crippen molar-refractivity contribution < 1.29 is 14.3 Å². The zero-order valence-corrected chi connectivity index (χ0v) is 19.2. The van der Waals surface area contributed by atoms with Gasteiger partial charge in [-0.3, -0.25) is 18.6 Å². The van der Waals surface area contributed by atoms with Crippen molar-refractivity contribution in [3.8, 4) is 17.2 Å². The second-order valence-electron chi connectivity index (χ2n) is 7.05. The van der Waals surface area contributed by atoms with Gasteiger partial charge in [-0.05, 0) is 42.8 Å². The van der Waals surface area contributed by atoms with Crippen LogP contribution in [0, 0.1) is 0 Å². The van der Waals surface area contributed by atoms with Crippen LogP contribution in [-0.2, 0) is 4.79 Å². The molecule has 33 heavy (non-hydrogen) atoms. The van der Waals surface area contributed by atoms with Gasteiger partial charge in [0.1, 0.15) is 11.5 Å². The van der Waals surface area contributed by atoms with Gasteiger partial charge in [-0.2, -0.15) is 0 Å². The van der Waals surface area contributed by atoms with Crippen LogP contribution in [0.25, 0.3) is 11.3 Å². The third-order valence-electron chi connectivity index (χ3n) is 5.05. The van der Waals surface area contributed by atoms with Crippen LogP contribution >= 0.6 is 11.8 Å². The van der Waals surface area contributed by atoms with E-state index in [0.717, 1.165) is 0 Å². The van der Waals surface area contributed by atoms with E-state index in [1.807, 2.05) is 19.1 Å². The molecule has 1 unspecified atom stereocenters. The zero-order chi connectivity index (χ0) is 23.4. The van der Waals surface area contributed by atoms with E-state index in [1.54, 1.807) is 67.4 Å². The average molecular weight is 466 g/mol. The molecule has 4 rings (SSSR count). The molecule has 0 fully saturated rings. The third kappa shape index (κ3) is 4.56. The van der Waals surface area contributed by atoms with Gasteiger partial charge in [-0.15, -0.1) is 10.2 Å². The molecular weight excluding hydrogens is 442 g/mol. The summed E-state index contributed by atoms with van der Waals surface area (Å²) in [6.07, 6.45) is 3.92. The molecule has 0 bridgehead atoms. The van der Waals surface area contributed by atoms with Crippen LogP contribution in [0.1, 0.15) is 13.3 Å². The lowest BCUT2D eigenvalue weighted by Gasteiger charge is -2.14. The summed E-state index contributed by atoms with van der Waals surface area (Å²) in [5.74, 6) is 1.12. The first-order valence-corrected chi connectivity index (χ1v) is 11.1. The maximum absolute atomic E-state index is 13.1. The summed E-state index contributed by atoms with van der Waals surface area (Å²) in [5, 5.41) is 11.2. The van der Waals surface area contributed by atoms with Crippen LogP contribution < -0.4 is 20.3 Å². The topological polar surface area (TPSA) is 99.8 Å². The van der Waals surface area contributed by atoms with E-state index in [0.29, 0.717) is 34.5 Å². The number of ether oxygens (including phenoxy) is 2. The number of rotatable bonds is 8. The van der Waals surface area contributed by atoms with Crippen molar-refractivity contribution in [3.63, 3.8) is 0 Å². The lowest BCUT2D eigenvalue weighted by Crippen LogP contribution is -2.25. The van der Waals surface area contributed by atoms with Crippen LogP contribution in [-0.4, -0.2) is 44.5 Å². The summed E-state index contributed by atoms with van der Waals surface area (Å²) >= 11 is 1.26. The molecular formula is C23H23N5O4S. The summed E-state index contributed by atoms with van der Waals surface area (Å²) < 4.78 is 13.6. The highest BCUT2D eigenvalue weighted by atomic mass is 32.2. The largest absolute Gasteiger partial charge is 0.497 e. The molecule has 1 atom stereocenters. The third-order valence-corrected chi connectivity index (χ3v) is 6.37. The molecule has 4 aromatic rings. The molecule has 0 saturated heterocycles.